The van der Waals surface area contributed by atoms with Gasteiger partial charge in [-0.2, -0.15) is 5.10 Å². The Morgan fingerprint density at radius 1 is 1.39 bits per heavy atom. The third kappa shape index (κ3) is 2.88. The Balaban J connectivity index is 1.93. The molecule has 1 unspecified atom stereocenters. The van der Waals surface area contributed by atoms with Crippen LogP contribution in [0.1, 0.15) is 28.9 Å². The number of carbonyl (C=O) groups excluding carboxylic acids is 1. The first-order valence-electron chi connectivity index (χ1n) is 7.33. The van der Waals surface area contributed by atoms with Crippen LogP contribution in [0.5, 0.6) is 0 Å². The molecule has 3 rings (SSSR count). The van der Waals surface area contributed by atoms with E-state index >= 15 is 0 Å². The SMILES string of the molecule is Cc1c(C(=O)N2CCCC2C(=O)O)cnn1-c1cccc(Br)c1. The molecule has 0 spiro atoms. The minimum absolute atomic E-state index is 0.270. The summed E-state index contributed by atoms with van der Waals surface area (Å²) >= 11 is 3.42. The average molecular weight is 378 g/mol. The zero-order valence-corrected chi connectivity index (χ0v) is 14.2. The van der Waals surface area contributed by atoms with E-state index < -0.39 is 12.0 Å². The number of benzene rings is 1. The monoisotopic (exact) mass is 377 g/mol. The molecule has 1 atom stereocenters. The standard InChI is InChI=1S/C16H16BrN3O3/c1-10-13(15(21)19-7-3-6-14(19)16(22)23)9-18-20(10)12-5-2-4-11(17)8-12/h2,4-5,8-9,14H,3,6-7H2,1H3,(H,22,23). The first-order valence-corrected chi connectivity index (χ1v) is 8.12. The minimum atomic E-state index is -0.951. The molecule has 1 aliphatic rings. The highest BCUT2D eigenvalue weighted by atomic mass is 79.9. The van der Waals surface area contributed by atoms with Gasteiger partial charge in [0.25, 0.3) is 5.91 Å². The van der Waals surface area contributed by atoms with Crippen LogP contribution in [0.25, 0.3) is 5.69 Å². The summed E-state index contributed by atoms with van der Waals surface area (Å²) in [6, 6.07) is 6.87. The van der Waals surface area contributed by atoms with Crippen molar-refractivity contribution in [1.29, 1.82) is 0 Å². The fraction of sp³-hybridized carbons (Fsp3) is 0.312. The molecule has 23 heavy (non-hydrogen) atoms. The summed E-state index contributed by atoms with van der Waals surface area (Å²) in [4.78, 5) is 25.4. The number of hydrogen-bond acceptors (Lipinski definition) is 3. The van der Waals surface area contributed by atoms with Crippen molar-refractivity contribution in [3.05, 3.63) is 46.2 Å². The summed E-state index contributed by atoms with van der Waals surface area (Å²) in [6.07, 6.45) is 2.72. The van der Waals surface area contributed by atoms with E-state index in [9.17, 15) is 14.7 Å². The highest BCUT2D eigenvalue weighted by molar-refractivity contribution is 9.10. The van der Waals surface area contributed by atoms with Crippen LogP contribution < -0.4 is 0 Å². The summed E-state index contributed by atoms with van der Waals surface area (Å²) in [6.45, 7) is 2.28. The maximum atomic E-state index is 12.7. The van der Waals surface area contributed by atoms with E-state index in [0.717, 1.165) is 10.2 Å². The fourth-order valence-corrected chi connectivity index (χ4v) is 3.30. The van der Waals surface area contributed by atoms with Crippen molar-refractivity contribution in [3.8, 4) is 5.69 Å². The molecule has 1 N–H and O–H groups in total. The van der Waals surface area contributed by atoms with Gasteiger partial charge in [-0.3, -0.25) is 4.79 Å². The normalized spacial score (nSPS) is 17.5. The molecule has 1 aliphatic heterocycles. The molecule has 0 radical (unpaired) electrons. The maximum Gasteiger partial charge on any atom is 0.326 e. The average Bonchev–Trinajstić information content (AvgIpc) is 3.13. The molecule has 1 amide bonds. The van der Waals surface area contributed by atoms with Gasteiger partial charge in [-0.15, -0.1) is 0 Å². The van der Waals surface area contributed by atoms with Crippen molar-refractivity contribution in [2.75, 3.05) is 6.54 Å². The number of aliphatic carboxylic acids is 1. The molecule has 2 heterocycles. The van der Waals surface area contributed by atoms with Crippen LogP contribution in [-0.4, -0.2) is 44.3 Å². The topological polar surface area (TPSA) is 75.4 Å². The molecular weight excluding hydrogens is 362 g/mol. The number of aromatic nitrogens is 2. The number of halogens is 1. The Morgan fingerprint density at radius 2 is 2.17 bits per heavy atom. The number of nitrogens with zero attached hydrogens (tertiary/aromatic N) is 3. The van der Waals surface area contributed by atoms with Crippen LogP contribution in [0, 0.1) is 6.92 Å². The lowest BCUT2D eigenvalue weighted by Crippen LogP contribution is -2.40. The highest BCUT2D eigenvalue weighted by Gasteiger charge is 2.35. The third-order valence-corrected chi connectivity index (χ3v) is 4.58. The molecule has 1 aromatic carbocycles. The van der Waals surface area contributed by atoms with Crippen LogP contribution in [0.4, 0.5) is 0 Å². The molecule has 0 saturated carbocycles. The number of rotatable bonds is 3. The fourth-order valence-electron chi connectivity index (χ4n) is 2.91. The Morgan fingerprint density at radius 3 is 2.87 bits per heavy atom. The predicted molar refractivity (Wildman–Crippen MR) is 87.7 cm³/mol. The van der Waals surface area contributed by atoms with Gasteiger partial charge in [-0.05, 0) is 38.0 Å². The highest BCUT2D eigenvalue weighted by Crippen LogP contribution is 2.23. The van der Waals surface area contributed by atoms with Crippen LogP contribution in [0.3, 0.4) is 0 Å². The molecule has 1 saturated heterocycles. The van der Waals surface area contributed by atoms with E-state index in [0.29, 0.717) is 30.6 Å². The lowest BCUT2D eigenvalue weighted by atomic mass is 10.2. The van der Waals surface area contributed by atoms with E-state index in [1.165, 1.54) is 11.1 Å². The molecule has 0 aliphatic carbocycles. The van der Waals surface area contributed by atoms with E-state index in [2.05, 4.69) is 21.0 Å². The van der Waals surface area contributed by atoms with Crippen molar-refractivity contribution in [3.63, 3.8) is 0 Å². The molecule has 120 valence electrons. The molecule has 6 nitrogen and oxygen atoms in total. The van der Waals surface area contributed by atoms with E-state index in [4.69, 9.17) is 0 Å². The summed E-state index contributed by atoms with van der Waals surface area (Å²) in [5.41, 5.74) is 1.98. The molecule has 1 fully saturated rings. The Hall–Kier alpha value is -2.15. The van der Waals surface area contributed by atoms with Gasteiger partial charge in [0.05, 0.1) is 23.1 Å². The zero-order valence-electron chi connectivity index (χ0n) is 12.6. The number of likely N-dealkylation sites (tertiary alicyclic amines) is 1. The number of carboxylic acid groups (broad SMARTS) is 1. The molecule has 7 heteroatoms. The molecule has 0 bridgehead atoms. The summed E-state index contributed by atoms with van der Waals surface area (Å²) in [5.74, 6) is -1.22. The largest absolute Gasteiger partial charge is 0.480 e. The lowest BCUT2D eigenvalue weighted by Gasteiger charge is -2.21. The van der Waals surface area contributed by atoms with Crippen LogP contribution >= 0.6 is 15.9 Å². The second-order valence-electron chi connectivity index (χ2n) is 5.53. The summed E-state index contributed by atoms with van der Waals surface area (Å²) in [5, 5.41) is 13.5. The second-order valence-corrected chi connectivity index (χ2v) is 6.45. The third-order valence-electron chi connectivity index (χ3n) is 4.09. The number of hydrogen-bond donors (Lipinski definition) is 1. The summed E-state index contributed by atoms with van der Waals surface area (Å²) < 4.78 is 2.60. The lowest BCUT2D eigenvalue weighted by molar-refractivity contribution is -0.141. The van der Waals surface area contributed by atoms with Crippen LogP contribution in [0.2, 0.25) is 0 Å². The van der Waals surface area contributed by atoms with E-state index in [1.807, 2.05) is 31.2 Å². The van der Waals surface area contributed by atoms with Gasteiger partial charge < -0.3 is 10.0 Å². The molecule has 2 aromatic rings. The van der Waals surface area contributed by atoms with E-state index in [1.54, 1.807) is 4.68 Å². The summed E-state index contributed by atoms with van der Waals surface area (Å²) in [7, 11) is 0. The first kappa shape index (κ1) is 15.7. The quantitative estimate of drug-likeness (QED) is 0.891. The second kappa shape index (κ2) is 6.16. The Bertz CT molecular complexity index is 772. The minimum Gasteiger partial charge on any atom is -0.480 e. The number of amides is 1. The van der Waals surface area contributed by atoms with Crippen molar-refractivity contribution >= 4 is 27.8 Å². The Labute approximate surface area is 141 Å². The molecule has 1 aromatic heterocycles. The predicted octanol–water partition coefficient (Wildman–Crippen LogP) is 2.63. The zero-order chi connectivity index (χ0) is 16.6. The van der Waals surface area contributed by atoms with Gasteiger partial charge >= 0.3 is 5.97 Å². The van der Waals surface area contributed by atoms with Gasteiger partial charge in [0, 0.05) is 11.0 Å². The van der Waals surface area contributed by atoms with Gasteiger partial charge in [-0.25, -0.2) is 9.48 Å². The first-order chi connectivity index (χ1) is 11.0. The smallest absolute Gasteiger partial charge is 0.326 e. The van der Waals surface area contributed by atoms with E-state index in [-0.39, 0.29) is 5.91 Å². The van der Waals surface area contributed by atoms with Gasteiger partial charge in [0.15, 0.2) is 0 Å². The van der Waals surface area contributed by atoms with Crippen molar-refractivity contribution in [1.82, 2.24) is 14.7 Å². The van der Waals surface area contributed by atoms with Crippen LogP contribution in [-0.2, 0) is 4.79 Å². The van der Waals surface area contributed by atoms with Crippen molar-refractivity contribution in [2.45, 2.75) is 25.8 Å². The van der Waals surface area contributed by atoms with Gasteiger partial charge in [0.1, 0.15) is 6.04 Å². The number of carbonyl (C=O) groups is 2. The van der Waals surface area contributed by atoms with Gasteiger partial charge in [-0.1, -0.05) is 22.0 Å². The Kier molecular flexibility index (Phi) is 4.21. The molecular formula is C16H16BrN3O3. The maximum absolute atomic E-state index is 12.7. The van der Waals surface area contributed by atoms with Crippen LogP contribution in [0.15, 0.2) is 34.9 Å². The van der Waals surface area contributed by atoms with Crippen molar-refractivity contribution in [2.24, 2.45) is 0 Å². The number of carboxylic acids is 1. The van der Waals surface area contributed by atoms with Crippen molar-refractivity contribution < 1.29 is 14.7 Å². The van der Waals surface area contributed by atoms with Gasteiger partial charge in [0.2, 0.25) is 0 Å².